The minimum Gasteiger partial charge on any atom is -0.469 e. The topological polar surface area (TPSA) is 89.5 Å². The summed E-state index contributed by atoms with van der Waals surface area (Å²) in [6.45, 7) is 0. The van der Waals surface area contributed by atoms with E-state index in [1.54, 1.807) is 12.3 Å². The lowest BCUT2D eigenvalue weighted by atomic mass is 10.1. The predicted octanol–water partition coefficient (Wildman–Crippen LogP) is 2.51. The average molecular weight is 305 g/mol. The molecule has 0 aliphatic heterocycles. The molecule has 0 saturated carbocycles. The molecule has 2 rings (SSSR count). The van der Waals surface area contributed by atoms with Crippen LogP contribution >= 0.6 is 12.2 Å². The van der Waals surface area contributed by atoms with Crippen LogP contribution in [0.4, 0.5) is 16.2 Å². The molecule has 4 N–H and O–H groups in total. The highest BCUT2D eigenvalue weighted by molar-refractivity contribution is 7.80. The van der Waals surface area contributed by atoms with Gasteiger partial charge in [-0.05, 0) is 36.0 Å². The van der Waals surface area contributed by atoms with Gasteiger partial charge in [0.05, 0.1) is 24.7 Å². The lowest BCUT2D eigenvalue weighted by Crippen LogP contribution is -2.34. The SMILES string of the molecule is COC(=O)NC(=S)Nc1c(N)cccc1Cc1ccco1. The zero-order valence-electron chi connectivity index (χ0n) is 11.4. The number of hydrogen-bond donors (Lipinski definition) is 3. The van der Waals surface area contributed by atoms with Crippen LogP contribution in [0.5, 0.6) is 0 Å². The zero-order chi connectivity index (χ0) is 15.2. The van der Waals surface area contributed by atoms with Gasteiger partial charge in [0.1, 0.15) is 5.76 Å². The third-order valence-electron chi connectivity index (χ3n) is 2.77. The lowest BCUT2D eigenvalue weighted by molar-refractivity contribution is 0.177. The van der Waals surface area contributed by atoms with Gasteiger partial charge in [-0.2, -0.15) is 0 Å². The molecule has 21 heavy (non-hydrogen) atoms. The van der Waals surface area contributed by atoms with Crippen LogP contribution in [-0.4, -0.2) is 18.3 Å². The summed E-state index contributed by atoms with van der Waals surface area (Å²) in [6, 6.07) is 9.18. The molecule has 1 heterocycles. The molecule has 0 atom stereocenters. The number of carbonyl (C=O) groups excluding carboxylic acids is 1. The largest absolute Gasteiger partial charge is 0.469 e. The summed E-state index contributed by atoms with van der Waals surface area (Å²) < 4.78 is 9.81. The summed E-state index contributed by atoms with van der Waals surface area (Å²) in [5, 5.41) is 5.39. The van der Waals surface area contributed by atoms with E-state index < -0.39 is 6.09 Å². The second kappa shape index (κ2) is 6.76. The van der Waals surface area contributed by atoms with Crippen molar-refractivity contribution in [2.75, 3.05) is 18.2 Å². The van der Waals surface area contributed by atoms with E-state index in [1.165, 1.54) is 7.11 Å². The molecule has 7 heteroatoms. The smallest absolute Gasteiger partial charge is 0.413 e. The molecule has 1 amide bonds. The number of ether oxygens (including phenoxy) is 1. The Balaban J connectivity index is 2.17. The van der Waals surface area contributed by atoms with Crippen LogP contribution in [0.25, 0.3) is 0 Å². The molecular weight excluding hydrogens is 290 g/mol. The fraction of sp³-hybridized carbons (Fsp3) is 0.143. The number of benzene rings is 1. The Labute approximate surface area is 127 Å². The number of nitrogen functional groups attached to an aromatic ring is 1. The maximum atomic E-state index is 11.1. The van der Waals surface area contributed by atoms with Crippen molar-refractivity contribution < 1.29 is 13.9 Å². The first-order valence-corrected chi connectivity index (χ1v) is 6.56. The van der Waals surface area contributed by atoms with Gasteiger partial charge in [-0.3, -0.25) is 5.32 Å². The lowest BCUT2D eigenvalue weighted by Gasteiger charge is -2.14. The molecule has 0 fully saturated rings. The van der Waals surface area contributed by atoms with Crippen LogP contribution in [-0.2, 0) is 11.2 Å². The van der Waals surface area contributed by atoms with Crippen LogP contribution in [0, 0.1) is 0 Å². The molecular formula is C14H15N3O3S. The van der Waals surface area contributed by atoms with Gasteiger partial charge in [0.15, 0.2) is 5.11 Å². The van der Waals surface area contributed by atoms with E-state index >= 15 is 0 Å². The third-order valence-corrected chi connectivity index (χ3v) is 2.97. The van der Waals surface area contributed by atoms with Crippen molar-refractivity contribution in [3.8, 4) is 0 Å². The zero-order valence-corrected chi connectivity index (χ0v) is 12.2. The van der Waals surface area contributed by atoms with Gasteiger partial charge in [-0.15, -0.1) is 0 Å². The van der Waals surface area contributed by atoms with E-state index in [9.17, 15) is 4.79 Å². The molecule has 0 unspecified atom stereocenters. The normalized spacial score (nSPS) is 9.95. The Bertz CT molecular complexity index is 641. The minimum atomic E-state index is -0.644. The standard InChI is InChI=1S/C14H15N3O3S/c1-19-14(18)17-13(21)16-12-9(4-2-6-11(12)15)8-10-5-3-7-20-10/h2-7H,8,15H2,1H3,(H2,16,17,18,21). The van der Waals surface area contributed by atoms with Gasteiger partial charge in [0.2, 0.25) is 0 Å². The number of anilines is 2. The van der Waals surface area contributed by atoms with E-state index in [0.29, 0.717) is 17.8 Å². The molecule has 1 aromatic heterocycles. The predicted molar refractivity (Wildman–Crippen MR) is 84.1 cm³/mol. The summed E-state index contributed by atoms with van der Waals surface area (Å²) in [5.74, 6) is 0.801. The Kier molecular flexibility index (Phi) is 4.78. The van der Waals surface area contributed by atoms with Crippen molar-refractivity contribution in [2.45, 2.75) is 6.42 Å². The Hall–Kier alpha value is -2.54. The number of nitrogens with two attached hydrogens (primary N) is 1. The van der Waals surface area contributed by atoms with Crippen LogP contribution in [0.15, 0.2) is 41.0 Å². The quantitative estimate of drug-likeness (QED) is 0.596. The van der Waals surface area contributed by atoms with Gasteiger partial charge >= 0.3 is 6.09 Å². The van der Waals surface area contributed by atoms with Gasteiger partial charge in [-0.25, -0.2) is 4.79 Å². The van der Waals surface area contributed by atoms with Gasteiger partial charge < -0.3 is 20.2 Å². The number of nitrogens with one attached hydrogen (secondary N) is 2. The molecule has 0 spiro atoms. The highest BCUT2D eigenvalue weighted by Gasteiger charge is 2.11. The first-order valence-electron chi connectivity index (χ1n) is 6.16. The van der Waals surface area contributed by atoms with Crippen LogP contribution < -0.4 is 16.4 Å². The Morgan fingerprint density at radius 3 is 2.86 bits per heavy atom. The van der Waals surface area contributed by atoms with Crippen LogP contribution in [0.3, 0.4) is 0 Å². The first-order chi connectivity index (χ1) is 10.1. The minimum absolute atomic E-state index is 0.112. The second-order valence-corrected chi connectivity index (χ2v) is 4.62. The summed E-state index contributed by atoms with van der Waals surface area (Å²) in [5.41, 5.74) is 8.02. The fourth-order valence-electron chi connectivity index (χ4n) is 1.81. The van der Waals surface area contributed by atoms with E-state index in [4.69, 9.17) is 22.4 Å². The molecule has 1 aromatic carbocycles. The van der Waals surface area contributed by atoms with E-state index in [0.717, 1.165) is 11.3 Å². The van der Waals surface area contributed by atoms with Crippen molar-refractivity contribution in [2.24, 2.45) is 0 Å². The third kappa shape index (κ3) is 3.96. The molecule has 0 aliphatic rings. The highest BCUT2D eigenvalue weighted by Crippen LogP contribution is 2.26. The number of rotatable bonds is 3. The van der Waals surface area contributed by atoms with Gasteiger partial charge in [0.25, 0.3) is 0 Å². The van der Waals surface area contributed by atoms with Crippen molar-refractivity contribution in [3.63, 3.8) is 0 Å². The molecule has 2 aromatic rings. The van der Waals surface area contributed by atoms with Crippen molar-refractivity contribution in [1.82, 2.24) is 5.32 Å². The van der Waals surface area contributed by atoms with Crippen molar-refractivity contribution in [1.29, 1.82) is 0 Å². The summed E-state index contributed by atoms with van der Waals surface area (Å²) >= 11 is 5.04. The molecule has 0 bridgehead atoms. The molecule has 0 saturated heterocycles. The maximum absolute atomic E-state index is 11.1. The summed E-state index contributed by atoms with van der Waals surface area (Å²) in [4.78, 5) is 11.1. The maximum Gasteiger partial charge on any atom is 0.413 e. The van der Waals surface area contributed by atoms with Crippen molar-refractivity contribution in [3.05, 3.63) is 47.9 Å². The molecule has 0 aliphatic carbocycles. The number of alkyl carbamates (subject to hydrolysis) is 1. The Morgan fingerprint density at radius 1 is 1.38 bits per heavy atom. The number of methoxy groups -OCH3 is 1. The number of furan rings is 1. The molecule has 0 radical (unpaired) electrons. The number of para-hydroxylation sites is 1. The molecule has 6 nitrogen and oxygen atoms in total. The summed E-state index contributed by atoms with van der Waals surface area (Å²) in [7, 11) is 1.26. The van der Waals surface area contributed by atoms with Gasteiger partial charge in [-0.1, -0.05) is 12.1 Å². The van der Waals surface area contributed by atoms with Crippen LogP contribution in [0.2, 0.25) is 0 Å². The summed E-state index contributed by atoms with van der Waals surface area (Å²) in [6.07, 6.45) is 1.52. The number of hydrogen-bond acceptors (Lipinski definition) is 5. The highest BCUT2D eigenvalue weighted by atomic mass is 32.1. The average Bonchev–Trinajstić information content (AvgIpc) is 2.95. The fourth-order valence-corrected chi connectivity index (χ4v) is 1.99. The first kappa shape index (κ1) is 14.9. The van der Waals surface area contributed by atoms with E-state index in [2.05, 4.69) is 15.4 Å². The number of amides is 1. The van der Waals surface area contributed by atoms with E-state index in [-0.39, 0.29) is 5.11 Å². The number of carbonyl (C=O) groups is 1. The second-order valence-electron chi connectivity index (χ2n) is 4.21. The molecule has 110 valence electrons. The van der Waals surface area contributed by atoms with E-state index in [1.807, 2.05) is 24.3 Å². The number of thiocarbonyl (C=S) groups is 1. The van der Waals surface area contributed by atoms with Gasteiger partial charge in [0, 0.05) is 6.42 Å². The Morgan fingerprint density at radius 2 is 2.19 bits per heavy atom. The monoisotopic (exact) mass is 305 g/mol. The van der Waals surface area contributed by atoms with Crippen molar-refractivity contribution >= 4 is 34.8 Å². The van der Waals surface area contributed by atoms with Crippen LogP contribution in [0.1, 0.15) is 11.3 Å².